The van der Waals surface area contributed by atoms with Gasteiger partial charge in [-0.2, -0.15) is 8.42 Å². The second kappa shape index (κ2) is 6.67. The van der Waals surface area contributed by atoms with Gasteiger partial charge in [0, 0.05) is 34.2 Å². The van der Waals surface area contributed by atoms with Crippen LogP contribution in [0.3, 0.4) is 0 Å². The molecule has 0 saturated carbocycles. The molecule has 3 aromatic carbocycles. The Balaban J connectivity index is 2.08. The van der Waals surface area contributed by atoms with Gasteiger partial charge in [0.2, 0.25) is 0 Å². The molecule has 3 N–H and O–H groups in total. The molecule has 0 aromatic heterocycles. The van der Waals surface area contributed by atoms with E-state index in [9.17, 15) is 33.0 Å². The molecule has 0 aliphatic heterocycles. The third-order valence-electron chi connectivity index (χ3n) is 3.81. The van der Waals surface area contributed by atoms with Crippen molar-refractivity contribution in [2.75, 3.05) is 5.32 Å². The summed E-state index contributed by atoms with van der Waals surface area (Å²) in [5, 5.41) is 23.3. The number of anilines is 1. The summed E-state index contributed by atoms with van der Waals surface area (Å²) in [7, 11) is -4.52. The van der Waals surface area contributed by atoms with Gasteiger partial charge in [0.05, 0.1) is 4.92 Å². The van der Waals surface area contributed by atoms with E-state index in [-0.39, 0.29) is 38.4 Å². The SMILES string of the molecule is O=C(Nc1ccc(S(=O)(=O)O)c2ccc(O)cc12)c1cccc([N+](=O)[O-])c1. The van der Waals surface area contributed by atoms with Gasteiger partial charge < -0.3 is 10.4 Å². The van der Waals surface area contributed by atoms with E-state index in [2.05, 4.69) is 5.32 Å². The Bertz CT molecular complexity index is 1190. The van der Waals surface area contributed by atoms with Crippen molar-refractivity contribution in [2.45, 2.75) is 4.90 Å². The van der Waals surface area contributed by atoms with Gasteiger partial charge in [-0.1, -0.05) is 6.07 Å². The summed E-state index contributed by atoms with van der Waals surface area (Å²) in [6, 6.07) is 11.2. The summed E-state index contributed by atoms with van der Waals surface area (Å²) >= 11 is 0. The number of nitrogens with one attached hydrogen (secondary N) is 1. The topological polar surface area (TPSA) is 147 Å². The van der Waals surface area contributed by atoms with E-state index in [1.807, 2.05) is 0 Å². The lowest BCUT2D eigenvalue weighted by Crippen LogP contribution is -2.13. The van der Waals surface area contributed by atoms with Crippen LogP contribution in [-0.4, -0.2) is 28.9 Å². The van der Waals surface area contributed by atoms with E-state index in [1.165, 1.54) is 42.5 Å². The molecule has 3 rings (SSSR count). The van der Waals surface area contributed by atoms with Crippen LogP contribution in [0.5, 0.6) is 5.75 Å². The molecule has 0 radical (unpaired) electrons. The standard InChI is InChI=1S/C17H12N2O7S/c20-12-4-5-13-14(9-12)15(6-7-16(13)27(24,25)26)18-17(21)10-2-1-3-11(8-10)19(22)23/h1-9,20H,(H,18,21)(H,24,25,26). The number of hydrogen-bond donors (Lipinski definition) is 3. The molecule has 9 nitrogen and oxygen atoms in total. The lowest BCUT2D eigenvalue weighted by atomic mass is 10.1. The third kappa shape index (κ3) is 3.71. The Morgan fingerprint density at radius 2 is 1.78 bits per heavy atom. The average molecular weight is 388 g/mol. The zero-order valence-corrected chi connectivity index (χ0v) is 14.3. The first kappa shape index (κ1) is 18.3. The van der Waals surface area contributed by atoms with E-state index in [1.54, 1.807) is 0 Å². The third-order valence-corrected chi connectivity index (χ3v) is 4.72. The van der Waals surface area contributed by atoms with Crippen molar-refractivity contribution in [3.8, 4) is 5.75 Å². The van der Waals surface area contributed by atoms with Crippen LogP contribution in [0.1, 0.15) is 10.4 Å². The Morgan fingerprint density at radius 1 is 1.04 bits per heavy atom. The maximum absolute atomic E-state index is 12.4. The number of non-ortho nitro benzene ring substituents is 1. The van der Waals surface area contributed by atoms with E-state index in [0.29, 0.717) is 0 Å². The van der Waals surface area contributed by atoms with Gasteiger partial charge in [-0.3, -0.25) is 19.5 Å². The van der Waals surface area contributed by atoms with Crippen LogP contribution in [0.4, 0.5) is 11.4 Å². The number of nitro groups is 1. The van der Waals surface area contributed by atoms with Crippen LogP contribution in [0.2, 0.25) is 0 Å². The molecule has 138 valence electrons. The quantitative estimate of drug-likeness (QED) is 0.354. The first-order valence-corrected chi connectivity index (χ1v) is 8.90. The second-order valence-corrected chi connectivity index (χ2v) is 6.97. The number of phenolic OH excluding ortho intramolecular Hbond substituents is 1. The van der Waals surface area contributed by atoms with Gasteiger partial charge in [-0.25, -0.2) is 0 Å². The number of nitro benzene ring substituents is 1. The van der Waals surface area contributed by atoms with Crippen LogP contribution in [-0.2, 0) is 10.1 Å². The van der Waals surface area contributed by atoms with E-state index >= 15 is 0 Å². The summed E-state index contributed by atoms with van der Waals surface area (Å²) in [5.74, 6) is -0.844. The number of rotatable bonds is 4. The fraction of sp³-hybridized carbons (Fsp3) is 0. The smallest absolute Gasteiger partial charge is 0.295 e. The van der Waals surface area contributed by atoms with Gasteiger partial charge in [0.1, 0.15) is 10.6 Å². The van der Waals surface area contributed by atoms with E-state index in [4.69, 9.17) is 0 Å². The van der Waals surface area contributed by atoms with Crippen molar-refractivity contribution in [1.29, 1.82) is 0 Å². The number of fused-ring (bicyclic) bond motifs is 1. The van der Waals surface area contributed by atoms with Crippen LogP contribution < -0.4 is 5.32 Å². The van der Waals surface area contributed by atoms with Gasteiger partial charge in [0.25, 0.3) is 21.7 Å². The number of carbonyl (C=O) groups is 1. The highest BCUT2D eigenvalue weighted by atomic mass is 32.2. The summed E-state index contributed by atoms with van der Waals surface area (Å²) in [4.78, 5) is 22.3. The number of aromatic hydroxyl groups is 1. The highest BCUT2D eigenvalue weighted by Gasteiger charge is 2.18. The Labute approximate surface area is 152 Å². The molecule has 1 amide bonds. The highest BCUT2D eigenvalue weighted by Crippen LogP contribution is 2.32. The van der Waals surface area contributed by atoms with Crippen LogP contribution in [0.25, 0.3) is 10.8 Å². The molecule has 0 atom stereocenters. The molecular weight excluding hydrogens is 376 g/mol. The molecule has 0 unspecified atom stereocenters. The largest absolute Gasteiger partial charge is 0.508 e. The number of hydrogen-bond acceptors (Lipinski definition) is 6. The minimum Gasteiger partial charge on any atom is -0.508 e. The number of phenols is 1. The summed E-state index contributed by atoms with van der Waals surface area (Å²) in [6.45, 7) is 0. The van der Waals surface area contributed by atoms with Crippen molar-refractivity contribution in [1.82, 2.24) is 0 Å². The molecule has 0 heterocycles. The molecule has 0 spiro atoms. The molecule has 0 aliphatic rings. The highest BCUT2D eigenvalue weighted by molar-refractivity contribution is 7.86. The normalized spacial score (nSPS) is 11.3. The van der Waals surface area contributed by atoms with Crippen molar-refractivity contribution in [3.05, 3.63) is 70.3 Å². The Morgan fingerprint density at radius 3 is 2.44 bits per heavy atom. The minimum absolute atomic E-state index is 0.0244. The van der Waals surface area contributed by atoms with Crippen molar-refractivity contribution >= 4 is 38.2 Å². The zero-order valence-electron chi connectivity index (χ0n) is 13.5. The maximum Gasteiger partial charge on any atom is 0.295 e. The minimum atomic E-state index is -4.52. The molecule has 3 aromatic rings. The Kier molecular flexibility index (Phi) is 4.52. The van der Waals surface area contributed by atoms with Crippen molar-refractivity contribution in [3.63, 3.8) is 0 Å². The predicted octanol–water partition coefficient (Wildman–Crippen LogP) is 2.95. The molecule has 27 heavy (non-hydrogen) atoms. The predicted molar refractivity (Wildman–Crippen MR) is 96.5 cm³/mol. The lowest BCUT2D eigenvalue weighted by molar-refractivity contribution is -0.384. The van der Waals surface area contributed by atoms with E-state index in [0.717, 1.165) is 12.1 Å². The number of carbonyl (C=O) groups excluding carboxylic acids is 1. The molecule has 10 heteroatoms. The van der Waals surface area contributed by atoms with Crippen LogP contribution in [0.15, 0.2) is 59.5 Å². The second-order valence-electron chi connectivity index (χ2n) is 5.58. The first-order valence-electron chi connectivity index (χ1n) is 7.46. The van der Waals surface area contributed by atoms with E-state index < -0.39 is 20.9 Å². The van der Waals surface area contributed by atoms with Crippen molar-refractivity contribution in [2.24, 2.45) is 0 Å². The first-order chi connectivity index (χ1) is 12.7. The van der Waals surface area contributed by atoms with Gasteiger partial charge in [-0.15, -0.1) is 0 Å². The zero-order chi connectivity index (χ0) is 19.8. The van der Waals surface area contributed by atoms with Gasteiger partial charge in [0.15, 0.2) is 0 Å². The van der Waals surface area contributed by atoms with Crippen LogP contribution >= 0.6 is 0 Å². The molecule has 0 fully saturated rings. The lowest BCUT2D eigenvalue weighted by Gasteiger charge is -2.11. The maximum atomic E-state index is 12.4. The summed E-state index contributed by atoms with van der Waals surface area (Å²) < 4.78 is 32.4. The number of benzene rings is 3. The molecule has 0 aliphatic carbocycles. The van der Waals surface area contributed by atoms with Gasteiger partial charge in [-0.05, 0) is 36.4 Å². The Hall–Kier alpha value is -3.50. The van der Waals surface area contributed by atoms with Crippen LogP contribution in [0, 0.1) is 10.1 Å². The average Bonchev–Trinajstić information content (AvgIpc) is 2.61. The molecule has 0 saturated heterocycles. The fourth-order valence-electron chi connectivity index (χ4n) is 2.60. The van der Waals surface area contributed by atoms with Crippen molar-refractivity contribution < 1.29 is 27.8 Å². The van der Waals surface area contributed by atoms with Gasteiger partial charge >= 0.3 is 0 Å². The summed E-state index contributed by atoms with van der Waals surface area (Å²) in [5.41, 5.74) is -0.0759. The monoisotopic (exact) mass is 388 g/mol. The fourth-order valence-corrected chi connectivity index (χ4v) is 3.29. The number of nitrogens with zero attached hydrogens (tertiary/aromatic N) is 1. The summed E-state index contributed by atoms with van der Waals surface area (Å²) in [6.07, 6.45) is 0. The molecular formula is C17H12N2O7S. The molecule has 0 bridgehead atoms. The number of amides is 1.